The molecule has 0 atom stereocenters. The van der Waals surface area contributed by atoms with Crippen molar-refractivity contribution in [1.82, 2.24) is 20.3 Å². The molecule has 2 aromatic heterocycles. The van der Waals surface area contributed by atoms with Gasteiger partial charge in [0.1, 0.15) is 12.2 Å². The van der Waals surface area contributed by atoms with Crippen molar-refractivity contribution in [1.29, 1.82) is 0 Å². The monoisotopic (exact) mass is 306 g/mol. The zero-order valence-electron chi connectivity index (χ0n) is 11.2. The average molecular weight is 306 g/mol. The highest BCUT2D eigenvalue weighted by Crippen LogP contribution is 2.28. The van der Waals surface area contributed by atoms with E-state index in [0.29, 0.717) is 18.2 Å². The number of hydrogen-bond acceptors (Lipinski definition) is 5. The van der Waals surface area contributed by atoms with Crippen LogP contribution in [-0.2, 0) is 11.3 Å². The van der Waals surface area contributed by atoms with Gasteiger partial charge >= 0.3 is 5.97 Å². The van der Waals surface area contributed by atoms with Crippen molar-refractivity contribution in [2.75, 3.05) is 6.54 Å². The second-order valence-corrected chi connectivity index (χ2v) is 5.92. The maximum atomic E-state index is 11.9. The van der Waals surface area contributed by atoms with Gasteiger partial charge in [0.2, 0.25) is 5.91 Å². The van der Waals surface area contributed by atoms with E-state index in [4.69, 9.17) is 0 Å². The normalized spacial score (nSPS) is 14.1. The summed E-state index contributed by atoms with van der Waals surface area (Å²) in [4.78, 5) is 23.9. The number of aromatic carboxylic acids is 1. The fourth-order valence-corrected chi connectivity index (χ4v) is 2.77. The van der Waals surface area contributed by atoms with Gasteiger partial charge in [-0.3, -0.25) is 4.79 Å². The molecule has 1 fully saturated rings. The molecule has 3 rings (SSSR count). The van der Waals surface area contributed by atoms with Crippen molar-refractivity contribution in [2.24, 2.45) is 5.92 Å². The van der Waals surface area contributed by atoms with Crippen LogP contribution in [0.15, 0.2) is 17.5 Å². The van der Waals surface area contributed by atoms with Gasteiger partial charge in [0.05, 0.1) is 4.88 Å². The number of nitrogens with one attached hydrogen (secondary N) is 1. The molecule has 1 aliphatic carbocycles. The lowest BCUT2D eigenvalue weighted by molar-refractivity contribution is -0.121. The van der Waals surface area contributed by atoms with Crippen LogP contribution in [0.1, 0.15) is 23.3 Å². The van der Waals surface area contributed by atoms with Gasteiger partial charge in [0, 0.05) is 6.54 Å². The Morgan fingerprint density at radius 3 is 2.90 bits per heavy atom. The molecule has 8 heteroatoms. The van der Waals surface area contributed by atoms with Crippen molar-refractivity contribution in [3.63, 3.8) is 0 Å². The van der Waals surface area contributed by atoms with E-state index in [1.165, 1.54) is 16.0 Å². The van der Waals surface area contributed by atoms with Gasteiger partial charge in [-0.2, -0.15) is 0 Å². The molecule has 7 nitrogen and oxygen atoms in total. The number of carboxylic acid groups (broad SMARTS) is 1. The molecule has 2 aromatic rings. The molecule has 110 valence electrons. The van der Waals surface area contributed by atoms with Crippen LogP contribution in [0, 0.1) is 5.92 Å². The number of aromatic nitrogens is 3. The summed E-state index contributed by atoms with van der Waals surface area (Å²) in [5.41, 5.74) is 0.242. The van der Waals surface area contributed by atoms with Crippen LogP contribution < -0.4 is 5.32 Å². The van der Waals surface area contributed by atoms with E-state index < -0.39 is 5.97 Å². The molecule has 0 aliphatic heterocycles. The van der Waals surface area contributed by atoms with Gasteiger partial charge in [-0.25, -0.2) is 9.48 Å². The number of nitrogens with zero attached hydrogens (tertiary/aromatic N) is 3. The number of thiophene rings is 1. The maximum Gasteiger partial charge on any atom is 0.358 e. The Kier molecular flexibility index (Phi) is 3.70. The zero-order valence-corrected chi connectivity index (χ0v) is 12.0. The van der Waals surface area contributed by atoms with Gasteiger partial charge in [-0.05, 0) is 30.2 Å². The van der Waals surface area contributed by atoms with E-state index in [9.17, 15) is 14.7 Å². The molecule has 0 radical (unpaired) electrons. The molecule has 1 saturated carbocycles. The van der Waals surface area contributed by atoms with E-state index in [1.54, 1.807) is 6.07 Å². The Morgan fingerprint density at radius 2 is 2.29 bits per heavy atom. The molecular weight excluding hydrogens is 292 g/mol. The Bertz CT molecular complexity index is 661. The molecule has 21 heavy (non-hydrogen) atoms. The number of hydrogen-bond donors (Lipinski definition) is 2. The second kappa shape index (κ2) is 5.65. The Hall–Kier alpha value is -2.22. The summed E-state index contributed by atoms with van der Waals surface area (Å²) in [6, 6.07) is 3.60. The van der Waals surface area contributed by atoms with Crippen LogP contribution in [0.4, 0.5) is 0 Å². The maximum absolute atomic E-state index is 11.9. The smallest absolute Gasteiger partial charge is 0.358 e. The molecule has 0 spiro atoms. The third-order valence-corrected chi connectivity index (χ3v) is 4.15. The summed E-state index contributed by atoms with van der Waals surface area (Å²) in [6.07, 6.45) is 2.32. The predicted octanol–water partition coefficient (Wildman–Crippen LogP) is 1.23. The molecule has 0 saturated heterocycles. The first-order valence-electron chi connectivity index (χ1n) is 6.62. The van der Waals surface area contributed by atoms with Crippen LogP contribution >= 0.6 is 11.3 Å². The predicted molar refractivity (Wildman–Crippen MR) is 76.0 cm³/mol. The fraction of sp³-hybridized carbons (Fsp3) is 0.385. The first-order valence-corrected chi connectivity index (χ1v) is 7.50. The van der Waals surface area contributed by atoms with Crippen molar-refractivity contribution in [3.05, 3.63) is 23.2 Å². The highest BCUT2D eigenvalue weighted by molar-refractivity contribution is 7.13. The Morgan fingerprint density at radius 1 is 1.48 bits per heavy atom. The van der Waals surface area contributed by atoms with E-state index in [2.05, 4.69) is 15.6 Å². The van der Waals surface area contributed by atoms with E-state index >= 15 is 0 Å². The number of carbonyl (C=O) groups excluding carboxylic acids is 1. The topological polar surface area (TPSA) is 97.1 Å². The van der Waals surface area contributed by atoms with E-state index in [0.717, 1.165) is 17.7 Å². The molecule has 1 amide bonds. The molecule has 0 bridgehead atoms. The highest BCUT2D eigenvalue weighted by Gasteiger charge is 2.24. The summed E-state index contributed by atoms with van der Waals surface area (Å²) in [5.74, 6) is -0.736. The molecule has 0 aromatic carbocycles. The number of carbonyl (C=O) groups is 2. The van der Waals surface area contributed by atoms with Gasteiger partial charge in [-0.15, -0.1) is 16.4 Å². The largest absolute Gasteiger partial charge is 0.476 e. The van der Waals surface area contributed by atoms with Crippen LogP contribution in [0.3, 0.4) is 0 Å². The number of rotatable bonds is 6. The number of amides is 1. The van der Waals surface area contributed by atoms with Crippen molar-refractivity contribution in [2.45, 2.75) is 19.4 Å². The minimum Gasteiger partial charge on any atom is -0.476 e. The molecule has 2 N–H and O–H groups in total. The lowest BCUT2D eigenvalue weighted by Crippen LogP contribution is -2.30. The molecule has 0 unspecified atom stereocenters. The summed E-state index contributed by atoms with van der Waals surface area (Å²) < 4.78 is 1.34. The van der Waals surface area contributed by atoms with Gasteiger partial charge in [-0.1, -0.05) is 11.3 Å². The quantitative estimate of drug-likeness (QED) is 0.836. The third-order valence-electron chi connectivity index (χ3n) is 3.27. The van der Waals surface area contributed by atoms with Gasteiger partial charge < -0.3 is 10.4 Å². The van der Waals surface area contributed by atoms with Gasteiger partial charge in [0.15, 0.2) is 5.69 Å². The summed E-state index contributed by atoms with van der Waals surface area (Å²) in [5, 5.41) is 21.3. The van der Waals surface area contributed by atoms with Crippen LogP contribution in [0.25, 0.3) is 10.6 Å². The van der Waals surface area contributed by atoms with Crippen LogP contribution in [0.2, 0.25) is 0 Å². The van der Waals surface area contributed by atoms with Crippen molar-refractivity contribution >= 4 is 23.2 Å². The first-order chi connectivity index (χ1) is 10.1. The Balaban J connectivity index is 1.80. The number of carboxylic acids is 1. The summed E-state index contributed by atoms with van der Waals surface area (Å²) in [6.45, 7) is 0.647. The molecule has 1 aliphatic rings. The minimum absolute atomic E-state index is 0.0275. The standard InChI is InChI=1S/C13H14N4O3S/c18-10(14-6-8-3-4-8)7-17-12(9-2-1-5-21-9)11(13(19)20)15-16-17/h1-2,5,8H,3-4,6-7H2,(H,14,18)(H,19,20). The van der Waals surface area contributed by atoms with E-state index in [1.807, 2.05) is 11.4 Å². The van der Waals surface area contributed by atoms with Crippen molar-refractivity contribution < 1.29 is 14.7 Å². The Labute approximate surface area is 124 Å². The second-order valence-electron chi connectivity index (χ2n) is 4.97. The molecule has 2 heterocycles. The molecular formula is C13H14N4O3S. The zero-order chi connectivity index (χ0) is 14.8. The first kappa shape index (κ1) is 13.7. The lowest BCUT2D eigenvalue weighted by Gasteiger charge is -2.06. The fourth-order valence-electron chi connectivity index (χ4n) is 2.00. The minimum atomic E-state index is -1.15. The highest BCUT2D eigenvalue weighted by atomic mass is 32.1. The van der Waals surface area contributed by atoms with Crippen LogP contribution in [-0.4, -0.2) is 38.5 Å². The van der Waals surface area contributed by atoms with E-state index in [-0.39, 0.29) is 18.1 Å². The lowest BCUT2D eigenvalue weighted by atomic mass is 10.2. The SMILES string of the molecule is O=C(Cn1nnc(C(=O)O)c1-c1cccs1)NCC1CC1. The van der Waals surface area contributed by atoms with Crippen LogP contribution in [0.5, 0.6) is 0 Å². The third kappa shape index (κ3) is 3.10. The summed E-state index contributed by atoms with van der Waals surface area (Å²) >= 11 is 1.39. The van der Waals surface area contributed by atoms with Gasteiger partial charge in [0.25, 0.3) is 0 Å². The summed E-state index contributed by atoms with van der Waals surface area (Å²) in [7, 11) is 0. The van der Waals surface area contributed by atoms with Crippen molar-refractivity contribution in [3.8, 4) is 10.6 Å². The average Bonchev–Trinajstić information content (AvgIpc) is 2.95.